The summed E-state index contributed by atoms with van der Waals surface area (Å²) in [6.45, 7) is 3.22. The predicted molar refractivity (Wildman–Crippen MR) is 74.7 cm³/mol. The summed E-state index contributed by atoms with van der Waals surface area (Å²) in [5, 5.41) is 11.9. The van der Waals surface area contributed by atoms with Crippen LogP contribution in [-0.2, 0) is 14.3 Å². The fourth-order valence-corrected chi connectivity index (χ4v) is 2.88. The van der Waals surface area contributed by atoms with Gasteiger partial charge in [-0.05, 0) is 6.42 Å². The van der Waals surface area contributed by atoms with Gasteiger partial charge in [-0.2, -0.15) is 11.8 Å². The van der Waals surface area contributed by atoms with Gasteiger partial charge in [0.15, 0.2) is 0 Å². The van der Waals surface area contributed by atoms with Crippen molar-refractivity contribution < 1.29 is 24.2 Å². The molecule has 0 aromatic rings. The number of methoxy groups -OCH3 is 1. The van der Waals surface area contributed by atoms with E-state index in [2.05, 4.69) is 10.1 Å². The van der Waals surface area contributed by atoms with E-state index >= 15 is 0 Å². The van der Waals surface area contributed by atoms with E-state index in [9.17, 15) is 14.4 Å². The maximum absolute atomic E-state index is 12.0. The lowest BCUT2D eigenvalue weighted by molar-refractivity contribution is -0.142. The van der Waals surface area contributed by atoms with Crippen LogP contribution in [0.25, 0.3) is 0 Å². The molecule has 0 aromatic heterocycles. The van der Waals surface area contributed by atoms with E-state index < -0.39 is 24.0 Å². The van der Waals surface area contributed by atoms with Gasteiger partial charge >= 0.3 is 18.0 Å². The third-order valence-electron chi connectivity index (χ3n) is 2.99. The minimum atomic E-state index is -1.15. The van der Waals surface area contributed by atoms with Crippen molar-refractivity contribution in [2.45, 2.75) is 31.1 Å². The number of carbonyl (C=O) groups is 3. The Kier molecular flexibility index (Phi) is 6.63. The normalized spacial score (nSPS) is 20.1. The summed E-state index contributed by atoms with van der Waals surface area (Å²) in [7, 11) is 1.24. The highest BCUT2D eigenvalue weighted by Crippen LogP contribution is 2.17. The van der Waals surface area contributed by atoms with Crippen LogP contribution in [0.1, 0.15) is 19.8 Å². The van der Waals surface area contributed by atoms with Crippen LogP contribution in [0.2, 0.25) is 0 Å². The summed E-state index contributed by atoms with van der Waals surface area (Å²) in [5.41, 5.74) is 0. The van der Waals surface area contributed by atoms with Gasteiger partial charge in [0.1, 0.15) is 6.04 Å². The van der Waals surface area contributed by atoms with Gasteiger partial charge < -0.3 is 20.1 Å². The van der Waals surface area contributed by atoms with Gasteiger partial charge in [0.2, 0.25) is 0 Å². The number of carboxylic acids is 1. The van der Waals surface area contributed by atoms with Crippen molar-refractivity contribution >= 4 is 29.7 Å². The van der Waals surface area contributed by atoms with E-state index in [1.807, 2.05) is 6.92 Å². The van der Waals surface area contributed by atoms with Crippen LogP contribution in [0.4, 0.5) is 4.79 Å². The molecular weight excluding hydrogens is 284 g/mol. The highest BCUT2D eigenvalue weighted by Gasteiger charge is 2.26. The molecule has 7 nitrogen and oxygen atoms in total. The number of thioether (sulfide) groups is 1. The first-order chi connectivity index (χ1) is 9.43. The van der Waals surface area contributed by atoms with Crippen LogP contribution in [0, 0.1) is 0 Å². The summed E-state index contributed by atoms with van der Waals surface area (Å²) >= 11 is 1.78. The molecule has 1 rings (SSSR count). The zero-order chi connectivity index (χ0) is 15.1. The second-order valence-electron chi connectivity index (χ2n) is 4.58. The van der Waals surface area contributed by atoms with Gasteiger partial charge in [-0.25, -0.2) is 9.59 Å². The summed E-state index contributed by atoms with van der Waals surface area (Å²) in [4.78, 5) is 35.7. The van der Waals surface area contributed by atoms with Gasteiger partial charge in [0.25, 0.3) is 0 Å². The minimum Gasteiger partial charge on any atom is -0.480 e. The summed E-state index contributed by atoms with van der Waals surface area (Å²) in [5.74, 6) is -0.802. The maximum Gasteiger partial charge on any atom is 0.326 e. The number of esters is 1. The number of urea groups is 1. The molecule has 0 aliphatic carbocycles. The van der Waals surface area contributed by atoms with Crippen molar-refractivity contribution in [3.8, 4) is 0 Å². The standard InChI is InChI=1S/C12H20N2O5S/c1-8-7-14(5-6-20-8)12(18)13-9(11(16)17)3-4-10(15)19-2/h8-9H,3-7H2,1-2H3,(H,13,18)(H,16,17)/t8?,9-/m0/s1. The molecule has 1 saturated heterocycles. The van der Waals surface area contributed by atoms with Gasteiger partial charge in [0.05, 0.1) is 7.11 Å². The van der Waals surface area contributed by atoms with E-state index in [4.69, 9.17) is 5.11 Å². The zero-order valence-corrected chi connectivity index (χ0v) is 12.4. The topological polar surface area (TPSA) is 95.9 Å². The molecule has 2 N–H and O–H groups in total. The maximum atomic E-state index is 12.0. The number of amides is 2. The molecular formula is C12H20N2O5S. The van der Waals surface area contributed by atoms with Crippen molar-refractivity contribution in [3.63, 3.8) is 0 Å². The van der Waals surface area contributed by atoms with E-state index in [-0.39, 0.29) is 12.8 Å². The molecule has 1 fully saturated rings. The molecule has 1 heterocycles. The smallest absolute Gasteiger partial charge is 0.326 e. The SMILES string of the molecule is COC(=O)CC[C@H](NC(=O)N1CCSC(C)C1)C(=O)O. The number of aliphatic carboxylic acids is 1. The lowest BCUT2D eigenvalue weighted by Gasteiger charge is -2.31. The number of carbonyl (C=O) groups excluding carboxylic acids is 2. The van der Waals surface area contributed by atoms with Crippen LogP contribution in [0.3, 0.4) is 0 Å². The average molecular weight is 304 g/mol. The molecule has 1 unspecified atom stereocenters. The summed E-state index contributed by atoms with van der Waals surface area (Å²) < 4.78 is 4.46. The molecule has 0 bridgehead atoms. The highest BCUT2D eigenvalue weighted by atomic mass is 32.2. The van der Waals surface area contributed by atoms with Crippen molar-refractivity contribution in [2.75, 3.05) is 26.0 Å². The van der Waals surface area contributed by atoms with E-state index in [0.29, 0.717) is 18.3 Å². The molecule has 114 valence electrons. The largest absolute Gasteiger partial charge is 0.480 e. The molecule has 0 spiro atoms. The Hall–Kier alpha value is -1.44. The Morgan fingerprint density at radius 3 is 2.75 bits per heavy atom. The van der Waals surface area contributed by atoms with Crippen molar-refractivity contribution in [3.05, 3.63) is 0 Å². The lowest BCUT2D eigenvalue weighted by atomic mass is 10.1. The molecule has 0 radical (unpaired) electrons. The second kappa shape index (κ2) is 7.98. The van der Waals surface area contributed by atoms with Crippen LogP contribution >= 0.6 is 11.8 Å². The van der Waals surface area contributed by atoms with E-state index in [1.165, 1.54) is 7.11 Å². The zero-order valence-electron chi connectivity index (χ0n) is 11.6. The highest BCUT2D eigenvalue weighted by molar-refractivity contribution is 7.99. The Bertz CT molecular complexity index is 377. The Labute approximate surface area is 122 Å². The number of nitrogens with zero attached hydrogens (tertiary/aromatic N) is 1. The first-order valence-electron chi connectivity index (χ1n) is 6.40. The second-order valence-corrected chi connectivity index (χ2v) is 6.13. The van der Waals surface area contributed by atoms with Crippen LogP contribution in [0.15, 0.2) is 0 Å². The molecule has 0 saturated carbocycles. The molecule has 1 aliphatic rings. The number of ether oxygens (including phenoxy) is 1. The van der Waals surface area contributed by atoms with Crippen LogP contribution in [0.5, 0.6) is 0 Å². The Balaban J connectivity index is 2.49. The number of hydrogen-bond acceptors (Lipinski definition) is 5. The molecule has 0 aromatic carbocycles. The van der Waals surface area contributed by atoms with Crippen LogP contribution in [-0.4, -0.2) is 65.2 Å². The van der Waals surface area contributed by atoms with E-state index in [0.717, 1.165) is 5.75 Å². The van der Waals surface area contributed by atoms with Gasteiger partial charge in [0, 0.05) is 30.5 Å². The van der Waals surface area contributed by atoms with Gasteiger partial charge in [-0.3, -0.25) is 4.79 Å². The van der Waals surface area contributed by atoms with Crippen molar-refractivity contribution in [2.24, 2.45) is 0 Å². The lowest BCUT2D eigenvalue weighted by Crippen LogP contribution is -2.51. The van der Waals surface area contributed by atoms with Gasteiger partial charge in [-0.15, -0.1) is 0 Å². The summed E-state index contributed by atoms with van der Waals surface area (Å²) in [6.07, 6.45) is -0.0219. The number of rotatable bonds is 5. The first-order valence-corrected chi connectivity index (χ1v) is 7.45. The predicted octanol–water partition coefficient (Wildman–Crippen LogP) is 0.540. The Morgan fingerprint density at radius 2 is 2.20 bits per heavy atom. The molecule has 20 heavy (non-hydrogen) atoms. The number of hydrogen-bond donors (Lipinski definition) is 2. The average Bonchev–Trinajstić information content (AvgIpc) is 2.42. The van der Waals surface area contributed by atoms with Crippen LogP contribution < -0.4 is 5.32 Å². The van der Waals surface area contributed by atoms with Gasteiger partial charge in [-0.1, -0.05) is 6.92 Å². The molecule has 8 heteroatoms. The minimum absolute atomic E-state index is 0.0197. The molecule has 2 atom stereocenters. The van der Waals surface area contributed by atoms with E-state index in [1.54, 1.807) is 16.7 Å². The third kappa shape index (κ3) is 5.28. The third-order valence-corrected chi connectivity index (χ3v) is 4.13. The van der Waals surface area contributed by atoms with Crippen molar-refractivity contribution in [1.82, 2.24) is 10.2 Å². The first kappa shape index (κ1) is 16.6. The molecule has 2 amide bonds. The fourth-order valence-electron chi connectivity index (χ4n) is 1.86. The monoisotopic (exact) mass is 304 g/mol. The quantitative estimate of drug-likeness (QED) is 0.720. The Morgan fingerprint density at radius 1 is 1.50 bits per heavy atom. The number of carboxylic acid groups (broad SMARTS) is 1. The fraction of sp³-hybridized carbons (Fsp3) is 0.750. The number of nitrogens with one attached hydrogen (secondary N) is 1. The van der Waals surface area contributed by atoms with Crippen molar-refractivity contribution in [1.29, 1.82) is 0 Å². The molecule has 1 aliphatic heterocycles. The summed E-state index contributed by atoms with van der Waals surface area (Å²) in [6, 6.07) is -1.47.